The topological polar surface area (TPSA) is 62.3 Å². The van der Waals surface area contributed by atoms with Gasteiger partial charge in [0.25, 0.3) is 5.91 Å². The Kier molecular flexibility index (Phi) is 4.59. The molecular weight excluding hydrogens is 348 g/mol. The van der Waals surface area contributed by atoms with Crippen LogP contribution in [0.3, 0.4) is 0 Å². The van der Waals surface area contributed by atoms with Gasteiger partial charge in [-0.3, -0.25) is 20.0 Å². The van der Waals surface area contributed by atoms with Gasteiger partial charge in [0, 0.05) is 18.0 Å². The lowest BCUT2D eigenvalue weighted by Gasteiger charge is -2.18. The first kappa shape index (κ1) is 15.0. The molecule has 0 fully saturated rings. The Balaban J connectivity index is 2.23. The molecule has 0 saturated heterocycles. The summed E-state index contributed by atoms with van der Waals surface area (Å²) in [4.78, 5) is 26.3. The van der Waals surface area contributed by atoms with Crippen LogP contribution in [0.1, 0.15) is 20.7 Å². The second kappa shape index (κ2) is 6.40. The molecule has 0 unspecified atom stereocenters. The minimum atomic E-state index is -1.09. The molecule has 1 aromatic carbocycles. The van der Waals surface area contributed by atoms with Crippen LogP contribution < -0.4 is 9.46 Å². The first-order valence-corrected chi connectivity index (χ1v) is 6.35. The molecule has 0 spiro atoms. The van der Waals surface area contributed by atoms with Gasteiger partial charge >= 0.3 is 0 Å². The number of benzene rings is 1. The predicted molar refractivity (Wildman–Crippen MR) is 74.9 cm³/mol. The molecule has 108 valence electrons. The van der Waals surface area contributed by atoms with Gasteiger partial charge in [-0.15, -0.1) is 0 Å². The zero-order valence-corrected chi connectivity index (χ0v) is 12.0. The highest BCUT2D eigenvalue weighted by Crippen LogP contribution is 2.24. The monoisotopic (exact) mass is 355 g/mol. The van der Waals surface area contributed by atoms with Crippen LogP contribution in [0.25, 0.3) is 0 Å². The number of hydrogen-bond acceptors (Lipinski definition) is 4. The first-order chi connectivity index (χ1) is 10.0. The van der Waals surface area contributed by atoms with Gasteiger partial charge in [0.15, 0.2) is 12.1 Å². The van der Waals surface area contributed by atoms with E-state index in [0.29, 0.717) is 5.56 Å². The molecule has 0 aliphatic carbocycles. The number of nitrogens with zero attached hydrogens (tertiary/aromatic N) is 2. The third-order valence-corrected chi connectivity index (χ3v) is 3.14. The molecule has 5 nitrogen and oxygen atoms in total. The number of hydrazine groups is 1. The maximum Gasteiger partial charge on any atom is 0.270 e. The molecule has 0 aliphatic rings. The second-order valence-electron chi connectivity index (χ2n) is 3.87. The fourth-order valence-corrected chi connectivity index (χ4v) is 1.97. The summed E-state index contributed by atoms with van der Waals surface area (Å²) < 4.78 is 28.0. The molecule has 21 heavy (non-hydrogen) atoms. The molecule has 2 rings (SSSR count). The van der Waals surface area contributed by atoms with Crippen molar-refractivity contribution >= 4 is 34.0 Å². The van der Waals surface area contributed by atoms with Crippen molar-refractivity contribution in [2.24, 2.45) is 0 Å². The lowest BCUT2D eigenvalue weighted by Crippen LogP contribution is -2.35. The van der Waals surface area contributed by atoms with Crippen LogP contribution in [0.4, 0.5) is 14.5 Å². The van der Waals surface area contributed by atoms with Crippen LogP contribution in [-0.4, -0.2) is 17.2 Å². The van der Waals surface area contributed by atoms with Crippen LogP contribution in [0, 0.1) is 11.6 Å². The van der Waals surface area contributed by atoms with E-state index >= 15 is 0 Å². The van der Waals surface area contributed by atoms with E-state index in [4.69, 9.17) is 0 Å². The van der Waals surface area contributed by atoms with Crippen molar-refractivity contribution < 1.29 is 18.4 Å². The summed E-state index contributed by atoms with van der Waals surface area (Å²) >= 11 is 2.93. The van der Waals surface area contributed by atoms with Crippen molar-refractivity contribution in [3.63, 3.8) is 0 Å². The van der Waals surface area contributed by atoms with E-state index in [9.17, 15) is 18.4 Å². The van der Waals surface area contributed by atoms with Gasteiger partial charge in [-0.05, 0) is 24.3 Å². The third kappa shape index (κ3) is 3.22. The maximum absolute atomic E-state index is 13.9. The second-order valence-corrected chi connectivity index (χ2v) is 4.58. The van der Waals surface area contributed by atoms with E-state index in [-0.39, 0.29) is 12.0 Å². The molecule has 1 heterocycles. The minimum absolute atomic E-state index is 0.0691. The van der Waals surface area contributed by atoms with Gasteiger partial charge in [0.1, 0.15) is 11.5 Å². The van der Waals surface area contributed by atoms with E-state index < -0.39 is 23.1 Å². The number of halogens is 3. The van der Waals surface area contributed by atoms with Crippen molar-refractivity contribution in [3.05, 3.63) is 59.4 Å². The summed E-state index contributed by atoms with van der Waals surface area (Å²) in [5, 5.41) is 0. The normalized spacial score (nSPS) is 10.0. The predicted octanol–water partition coefficient (Wildman–Crippen LogP) is 2.63. The average Bonchev–Trinajstić information content (AvgIpc) is 2.48. The summed E-state index contributed by atoms with van der Waals surface area (Å²) in [7, 11) is 0. The van der Waals surface area contributed by atoms with Crippen LogP contribution in [0.5, 0.6) is 0 Å². The molecule has 0 aliphatic heterocycles. The SMILES string of the molecule is O=Cc1c(F)ccc(N(Br)NC(=O)c2ccncc2)c1F. The molecule has 0 radical (unpaired) electrons. The zero-order chi connectivity index (χ0) is 15.4. The van der Waals surface area contributed by atoms with Crippen molar-refractivity contribution in [3.8, 4) is 0 Å². The van der Waals surface area contributed by atoms with Crippen molar-refractivity contribution in [2.75, 3.05) is 4.03 Å². The lowest BCUT2D eigenvalue weighted by atomic mass is 10.2. The fraction of sp³-hybridized carbons (Fsp3) is 0. The van der Waals surface area contributed by atoms with Crippen LogP contribution >= 0.6 is 16.1 Å². The van der Waals surface area contributed by atoms with E-state index in [0.717, 1.165) is 16.2 Å². The van der Waals surface area contributed by atoms with Crippen molar-refractivity contribution in [2.45, 2.75) is 0 Å². The smallest absolute Gasteiger partial charge is 0.270 e. The number of hydrogen-bond donors (Lipinski definition) is 1. The highest BCUT2D eigenvalue weighted by atomic mass is 79.9. The molecular formula is C13H8BrF2N3O2. The Morgan fingerprint density at radius 2 is 1.90 bits per heavy atom. The first-order valence-electron chi connectivity index (χ1n) is 5.64. The van der Waals surface area contributed by atoms with Gasteiger partial charge in [-0.1, -0.05) is 0 Å². The Hall–Kier alpha value is -2.35. The van der Waals surface area contributed by atoms with Crippen LogP contribution in [0.2, 0.25) is 0 Å². The number of aldehydes is 1. The zero-order valence-electron chi connectivity index (χ0n) is 10.4. The van der Waals surface area contributed by atoms with Gasteiger partial charge in [0.2, 0.25) is 0 Å². The number of anilines is 1. The number of amides is 1. The molecule has 0 atom stereocenters. The lowest BCUT2D eigenvalue weighted by molar-refractivity contribution is 0.0957. The molecule has 1 amide bonds. The van der Waals surface area contributed by atoms with Crippen LogP contribution in [-0.2, 0) is 0 Å². The van der Waals surface area contributed by atoms with E-state index in [1.165, 1.54) is 24.5 Å². The van der Waals surface area contributed by atoms with Gasteiger partial charge in [-0.2, -0.15) is 0 Å². The fourth-order valence-electron chi connectivity index (χ4n) is 1.53. The highest BCUT2D eigenvalue weighted by Gasteiger charge is 2.18. The number of carbonyl (C=O) groups is 2. The van der Waals surface area contributed by atoms with Gasteiger partial charge in [-0.25, -0.2) is 12.8 Å². The van der Waals surface area contributed by atoms with Crippen molar-refractivity contribution in [1.82, 2.24) is 10.4 Å². The maximum atomic E-state index is 13.9. The molecule has 0 bridgehead atoms. The number of pyridine rings is 1. The van der Waals surface area contributed by atoms with E-state index in [2.05, 4.69) is 26.6 Å². The summed E-state index contributed by atoms with van der Waals surface area (Å²) in [5.74, 6) is -2.60. The summed E-state index contributed by atoms with van der Waals surface area (Å²) in [5.41, 5.74) is 1.71. The minimum Gasteiger partial charge on any atom is -0.298 e. The third-order valence-electron chi connectivity index (χ3n) is 2.58. The number of nitrogens with one attached hydrogen (secondary N) is 1. The number of rotatable bonds is 4. The van der Waals surface area contributed by atoms with E-state index in [1.807, 2.05) is 0 Å². The Morgan fingerprint density at radius 3 is 2.52 bits per heavy atom. The van der Waals surface area contributed by atoms with E-state index in [1.54, 1.807) is 0 Å². The molecule has 0 saturated carbocycles. The highest BCUT2D eigenvalue weighted by molar-refractivity contribution is 9.10. The largest absolute Gasteiger partial charge is 0.298 e. The standard InChI is InChI=1S/C13H8BrF2N3O2/c14-19(18-13(21)8-3-5-17-6-4-8)11-2-1-10(15)9(7-20)12(11)16/h1-7H,(H,18,21). The summed E-state index contributed by atoms with van der Waals surface area (Å²) in [6.45, 7) is 0. The van der Waals surface area contributed by atoms with Gasteiger partial charge < -0.3 is 0 Å². The molecule has 2 aromatic rings. The summed E-state index contributed by atoms with van der Waals surface area (Å²) in [6.07, 6.45) is 2.92. The van der Waals surface area contributed by atoms with Gasteiger partial charge in [0.05, 0.1) is 21.7 Å². The Labute approximate surface area is 126 Å². The molecule has 1 N–H and O–H groups in total. The number of carbonyl (C=O) groups excluding carboxylic acids is 2. The molecule has 8 heteroatoms. The average molecular weight is 356 g/mol. The summed E-state index contributed by atoms with van der Waals surface area (Å²) in [6, 6.07) is 4.94. The van der Waals surface area contributed by atoms with Crippen LogP contribution in [0.15, 0.2) is 36.7 Å². The Morgan fingerprint density at radius 1 is 1.24 bits per heavy atom. The molecule has 1 aromatic heterocycles. The number of aromatic nitrogens is 1. The van der Waals surface area contributed by atoms with Crippen molar-refractivity contribution in [1.29, 1.82) is 0 Å². The Bertz CT molecular complexity index is 683. The quantitative estimate of drug-likeness (QED) is 0.520.